The van der Waals surface area contributed by atoms with E-state index in [4.69, 9.17) is 10.8 Å². The van der Waals surface area contributed by atoms with Gasteiger partial charge in [-0.25, -0.2) is 0 Å². The van der Waals surface area contributed by atoms with E-state index >= 15 is 0 Å². The van der Waals surface area contributed by atoms with Gasteiger partial charge in [0.2, 0.25) is 5.91 Å². The number of hydrogen-bond donors (Lipinski definition) is 1. The largest absolute Gasteiger partial charge is 0.390 e. The fraction of sp³-hybridized carbons (Fsp3) is 0.800. The first-order valence-corrected chi connectivity index (χ1v) is 2.38. The standard InChI is InChI=1S/C5H10NO2/c1-5(2,8)3-4(6)7/h6,8H,3H2,1-2H3. The maximum absolute atomic E-state index is 9.97. The molecule has 47 valence electrons. The number of nitrogens with one attached hydrogen (secondary N) is 1. The molecular weight excluding hydrogens is 106 g/mol. The molecule has 8 heavy (non-hydrogen) atoms. The quantitative estimate of drug-likeness (QED) is 0.550. The first kappa shape index (κ1) is 7.43. The highest BCUT2D eigenvalue weighted by molar-refractivity contribution is 5.73. The van der Waals surface area contributed by atoms with Crippen LogP contribution in [-0.4, -0.2) is 16.6 Å². The number of carbonyl (C=O) groups excluding carboxylic acids is 1. The van der Waals surface area contributed by atoms with E-state index in [1.165, 1.54) is 13.8 Å². The fourth-order valence-electron chi connectivity index (χ4n) is 0.393. The van der Waals surface area contributed by atoms with Crippen molar-refractivity contribution in [2.75, 3.05) is 0 Å². The highest BCUT2D eigenvalue weighted by Gasteiger charge is 2.15. The maximum atomic E-state index is 9.97. The Labute approximate surface area is 48.5 Å². The molecule has 3 heteroatoms. The van der Waals surface area contributed by atoms with Gasteiger partial charge in [0.1, 0.15) is 0 Å². The van der Waals surface area contributed by atoms with Crippen LogP contribution < -0.4 is 5.73 Å². The van der Waals surface area contributed by atoms with Crippen molar-refractivity contribution in [1.29, 1.82) is 0 Å². The molecule has 0 heterocycles. The van der Waals surface area contributed by atoms with Crippen LogP contribution in [0.5, 0.6) is 0 Å². The zero-order valence-electron chi connectivity index (χ0n) is 5.06. The summed E-state index contributed by atoms with van der Waals surface area (Å²) in [6, 6.07) is 0. The molecule has 1 radical (unpaired) electrons. The Morgan fingerprint density at radius 2 is 2.12 bits per heavy atom. The molecule has 0 rings (SSSR count). The lowest BCUT2D eigenvalue weighted by Crippen LogP contribution is -2.23. The van der Waals surface area contributed by atoms with Gasteiger partial charge in [-0.3, -0.25) is 10.5 Å². The Kier molecular flexibility index (Phi) is 1.98. The van der Waals surface area contributed by atoms with Gasteiger partial charge < -0.3 is 5.11 Å². The molecule has 1 amide bonds. The molecule has 3 nitrogen and oxygen atoms in total. The van der Waals surface area contributed by atoms with E-state index in [1.54, 1.807) is 0 Å². The van der Waals surface area contributed by atoms with Crippen LogP contribution in [0.1, 0.15) is 20.3 Å². The van der Waals surface area contributed by atoms with E-state index < -0.39 is 11.5 Å². The van der Waals surface area contributed by atoms with Gasteiger partial charge in [-0.05, 0) is 13.8 Å². The summed E-state index contributed by atoms with van der Waals surface area (Å²) in [6.45, 7) is 3.00. The van der Waals surface area contributed by atoms with Crippen molar-refractivity contribution in [2.24, 2.45) is 0 Å². The summed E-state index contributed by atoms with van der Waals surface area (Å²) < 4.78 is 0. The van der Waals surface area contributed by atoms with Crippen LogP contribution in [0.3, 0.4) is 0 Å². The van der Waals surface area contributed by atoms with Gasteiger partial charge >= 0.3 is 0 Å². The summed E-state index contributed by atoms with van der Waals surface area (Å²) in [4.78, 5) is 9.97. The molecule has 0 saturated carbocycles. The summed E-state index contributed by atoms with van der Waals surface area (Å²) in [6.07, 6.45) is -0.0903. The average Bonchev–Trinajstić information content (AvgIpc) is 1.21. The number of carbonyl (C=O) groups is 1. The fourth-order valence-corrected chi connectivity index (χ4v) is 0.393. The normalized spacial score (nSPS) is 11.4. The molecule has 0 aliphatic rings. The Hall–Kier alpha value is -0.570. The minimum atomic E-state index is -1.02. The molecular formula is C5H10NO2. The molecule has 0 aromatic carbocycles. The predicted octanol–water partition coefficient (Wildman–Crippen LogP) is -0.0431. The summed E-state index contributed by atoms with van der Waals surface area (Å²) in [5.74, 6) is -0.725. The van der Waals surface area contributed by atoms with Crippen LogP contribution >= 0.6 is 0 Å². The van der Waals surface area contributed by atoms with Crippen molar-refractivity contribution in [3.05, 3.63) is 0 Å². The van der Waals surface area contributed by atoms with Crippen LogP contribution in [0.4, 0.5) is 0 Å². The Bertz CT molecular complexity index is 93.1. The van der Waals surface area contributed by atoms with Crippen molar-refractivity contribution in [1.82, 2.24) is 5.73 Å². The van der Waals surface area contributed by atoms with E-state index in [0.29, 0.717) is 0 Å². The van der Waals surface area contributed by atoms with Gasteiger partial charge in [-0.2, -0.15) is 0 Å². The second kappa shape index (κ2) is 2.13. The first-order chi connectivity index (χ1) is 3.42. The monoisotopic (exact) mass is 116 g/mol. The van der Waals surface area contributed by atoms with E-state index in [-0.39, 0.29) is 6.42 Å². The highest BCUT2D eigenvalue weighted by atomic mass is 16.3. The third kappa shape index (κ3) is 5.43. The summed E-state index contributed by atoms with van der Waals surface area (Å²) in [5.41, 5.74) is 5.42. The summed E-state index contributed by atoms with van der Waals surface area (Å²) in [5, 5.41) is 8.85. The molecule has 0 bridgehead atoms. The second-order valence-electron chi connectivity index (χ2n) is 2.41. The van der Waals surface area contributed by atoms with Gasteiger partial charge in [-0.1, -0.05) is 0 Å². The maximum Gasteiger partial charge on any atom is 0.241 e. The smallest absolute Gasteiger partial charge is 0.241 e. The molecule has 0 aromatic heterocycles. The SMILES string of the molecule is CC(C)(O)CC([NH])=O. The Morgan fingerprint density at radius 3 is 2.12 bits per heavy atom. The Morgan fingerprint density at radius 1 is 1.75 bits per heavy atom. The zero-order valence-corrected chi connectivity index (χ0v) is 5.06. The zero-order chi connectivity index (χ0) is 6.78. The van der Waals surface area contributed by atoms with Gasteiger partial charge in [0, 0.05) is 0 Å². The lowest BCUT2D eigenvalue weighted by molar-refractivity contribution is -0.122. The van der Waals surface area contributed by atoms with Crippen molar-refractivity contribution in [3.63, 3.8) is 0 Å². The van der Waals surface area contributed by atoms with Gasteiger partial charge in [-0.15, -0.1) is 0 Å². The van der Waals surface area contributed by atoms with Gasteiger partial charge in [0.25, 0.3) is 0 Å². The lowest BCUT2D eigenvalue weighted by Gasteiger charge is -2.12. The Balaban J connectivity index is 3.55. The third-order valence-electron chi connectivity index (χ3n) is 0.593. The molecule has 0 fully saturated rings. The average molecular weight is 116 g/mol. The van der Waals surface area contributed by atoms with Crippen molar-refractivity contribution >= 4 is 5.91 Å². The number of aliphatic hydroxyl groups is 1. The van der Waals surface area contributed by atoms with Crippen LogP contribution in [0.15, 0.2) is 0 Å². The number of amides is 1. The van der Waals surface area contributed by atoms with E-state index in [0.717, 1.165) is 0 Å². The molecule has 0 unspecified atom stereocenters. The third-order valence-corrected chi connectivity index (χ3v) is 0.593. The predicted molar refractivity (Wildman–Crippen MR) is 29.0 cm³/mol. The highest BCUT2D eigenvalue weighted by Crippen LogP contribution is 2.05. The molecule has 2 N–H and O–H groups in total. The molecule has 0 atom stereocenters. The summed E-state index contributed by atoms with van der Waals surface area (Å²) in [7, 11) is 0. The van der Waals surface area contributed by atoms with E-state index in [2.05, 4.69) is 0 Å². The van der Waals surface area contributed by atoms with Crippen LogP contribution in [0, 0.1) is 0 Å². The van der Waals surface area contributed by atoms with Crippen molar-refractivity contribution < 1.29 is 9.90 Å². The van der Waals surface area contributed by atoms with E-state index in [1.807, 2.05) is 0 Å². The van der Waals surface area contributed by atoms with Crippen molar-refractivity contribution in [2.45, 2.75) is 25.9 Å². The number of hydrogen-bond acceptors (Lipinski definition) is 2. The van der Waals surface area contributed by atoms with Crippen molar-refractivity contribution in [3.8, 4) is 0 Å². The van der Waals surface area contributed by atoms with Gasteiger partial charge in [0.15, 0.2) is 0 Å². The van der Waals surface area contributed by atoms with Crippen LogP contribution in [0.2, 0.25) is 0 Å². The number of rotatable bonds is 2. The van der Waals surface area contributed by atoms with Gasteiger partial charge in [0.05, 0.1) is 12.0 Å². The summed E-state index contributed by atoms with van der Waals surface area (Å²) >= 11 is 0. The minimum Gasteiger partial charge on any atom is -0.390 e. The molecule has 0 aliphatic carbocycles. The first-order valence-electron chi connectivity index (χ1n) is 2.38. The second-order valence-corrected chi connectivity index (χ2v) is 2.41. The lowest BCUT2D eigenvalue weighted by atomic mass is 10.1. The molecule has 0 aromatic rings. The molecule has 0 spiro atoms. The topological polar surface area (TPSA) is 61.1 Å². The molecule has 0 aliphatic heterocycles. The van der Waals surface area contributed by atoms with Crippen LogP contribution in [0.25, 0.3) is 0 Å². The molecule has 0 saturated heterocycles. The minimum absolute atomic E-state index is 0.0903. The van der Waals surface area contributed by atoms with Crippen LogP contribution in [-0.2, 0) is 4.79 Å². The van der Waals surface area contributed by atoms with E-state index in [9.17, 15) is 4.79 Å².